The molecule has 1 fully saturated rings. The van der Waals surface area contributed by atoms with Gasteiger partial charge in [0, 0.05) is 25.3 Å². The van der Waals surface area contributed by atoms with Gasteiger partial charge in [-0.15, -0.1) is 0 Å². The highest BCUT2D eigenvalue weighted by Crippen LogP contribution is 2.47. The van der Waals surface area contributed by atoms with Crippen molar-refractivity contribution in [3.63, 3.8) is 0 Å². The van der Waals surface area contributed by atoms with Gasteiger partial charge >= 0.3 is 5.97 Å². The van der Waals surface area contributed by atoms with Crippen LogP contribution < -0.4 is 20.8 Å². The summed E-state index contributed by atoms with van der Waals surface area (Å²) in [4.78, 5) is 26.2. The highest BCUT2D eigenvalue weighted by atomic mass is 19.1. The molecule has 0 saturated carbocycles. The molecule has 1 aromatic heterocycles. The van der Waals surface area contributed by atoms with Gasteiger partial charge in [-0.3, -0.25) is 4.79 Å². The van der Waals surface area contributed by atoms with Gasteiger partial charge in [-0.1, -0.05) is 6.07 Å². The number of halogens is 1. The Morgan fingerprint density at radius 3 is 2.83 bits per heavy atom. The number of aryl methyl sites for hydroxylation is 1. The predicted octanol–water partition coefficient (Wildman–Crippen LogP) is 2.78. The number of aromatic nitrogens is 1. The van der Waals surface area contributed by atoms with Crippen LogP contribution >= 0.6 is 0 Å². The van der Waals surface area contributed by atoms with E-state index in [4.69, 9.17) is 10.5 Å². The monoisotopic (exact) mass is 395 g/mol. The van der Waals surface area contributed by atoms with Gasteiger partial charge in [-0.25, -0.2) is 9.18 Å². The molecular formula is C21H18FN3O4. The number of fused-ring (bicyclic) bond motifs is 2. The van der Waals surface area contributed by atoms with Crippen LogP contribution in [0.25, 0.3) is 16.6 Å². The third-order valence-electron chi connectivity index (χ3n) is 5.53. The second-order valence-electron chi connectivity index (χ2n) is 7.55. The number of nitrogens with two attached hydrogens (primary N) is 1. The molecule has 2 aliphatic rings. The molecule has 3 N–H and O–H groups in total. The highest BCUT2D eigenvalue weighted by Gasteiger charge is 2.32. The summed E-state index contributed by atoms with van der Waals surface area (Å²) in [5.74, 6) is -1.33. The van der Waals surface area contributed by atoms with Gasteiger partial charge < -0.3 is 25.0 Å². The summed E-state index contributed by atoms with van der Waals surface area (Å²) < 4.78 is 22.9. The summed E-state index contributed by atoms with van der Waals surface area (Å²) in [5.41, 5.74) is 6.98. The Kier molecular flexibility index (Phi) is 3.69. The highest BCUT2D eigenvalue weighted by molar-refractivity contribution is 5.99. The lowest BCUT2D eigenvalue weighted by Crippen LogP contribution is -2.28. The van der Waals surface area contributed by atoms with Crippen molar-refractivity contribution in [3.8, 4) is 17.2 Å². The average Bonchev–Trinajstić information content (AvgIpc) is 3.09. The van der Waals surface area contributed by atoms with Gasteiger partial charge in [0.1, 0.15) is 16.8 Å². The zero-order valence-electron chi connectivity index (χ0n) is 15.6. The van der Waals surface area contributed by atoms with E-state index in [9.17, 15) is 14.7 Å². The van der Waals surface area contributed by atoms with Crippen LogP contribution in [-0.4, -0.2) is 34.8 Å². The third kappa shape index (κ3) is 2.52. The largest absolute Gasteiger partial charge is 0.477 e. The average molecular weight is 395 g/mol. The van der Waals surface area contributed by atoms with Crippen LogP contribution in [0.2, 0.25) is 0 Å². The molecule has 0 radical (unpaired) electrons. The second-order valence-corrected chi connectivity index (χ2v) is 7.55. The first-order chi connectivity index (χ1) is 13.8. The number of nitrogens with zero attached hydrogens (tertiary/aromatic N) is 2. The van der Waals surface area contributed by atoms with Crippen LogP contribution in [0, 0.1) is 12.7 Å². The number of benzene rings is 2. The summed E-state index contributed by atoms with van der Waals surface area (Å²) in [6.45, 7) is 2.93. The molecule has 3 heterocycles. The molecule has 1 atom stereocenters. The number of aromatic carboxylic acids is 1. The molecule has 7 nitrogen and oxygen atoms in total. The van der Waals surface area contributed by atoms with Crippen molar-refractivity contribution in [3.05, 3.63) is 57.6 Å². The number of anilines is 1. The Labute approximate surface area is 164 Å². The molecule has 0 spiro atoms. The first-order valence-electron chi connectivity index (χ1n) is 9.29. The molecule has 29 heavy (non-hydrogen) atoms. The SMILES string of the molecule is Cc1ccc2c(c1)-n1cc(C(=O)O)c(=O)c3cc(F)c(N4CCC(N)C4)c(c31)O2. The van der Waals surface area contributed by atoms with Gasteiger partial charge in [0.05, 0.1) is 11.1 Å². The minimum Gasteiger partial charge on any atom is -0.477 e. The molecule has 5 rings (SSSR count). The summed E-state index contributed by atoms with van der Waals surface area (Å²) in [5, 5.41) is 9.47. The van der Waals surface area contributed by atoms with Gasteiger partial charge in [0.25, 0.3) is 0 Å². The fourth-order valence-corrected chi connectivity index (χ4v) is 4.15. The quantitative estimate of drug-likeness (QED) is 0.542. The van der Waals surface area contributed by atoms with Gasteiger partial charge in [0.15, 0.2) is 17.3 Å². The molecule has 148 valence electrons. The molecule has 8 heteroatoms. The first-order valence-corrected chi connectivity index (χ1v) is 9.29. The Balaban J connectivity index is 1.92. The molecule has 2 aromatic carbocycles. The molecule has 1 saturated heterocycles. The van der Waals surface area contributed by atoms with E-state index >= 15 is 4.39 Å². The molecular weight excluding hydrogens is 377 g/mol. The van der Waals surface area contributed by atoms with Crippen molar-refractivity contribution in [1.82, 2.24) is 4.57 Å². The number of hydrogen-bond acceptors (Lipinski definition) is 5. The van der Waals surface area contributed by atoms with Crippen LogP contribution in [0.5, 0.6) is 11.5 Å². The van der Waals surface area contributed by atoms with E-state index in [1.807, 2.05) is 24.0 Å². The van der Waals surface area contributed by atoms with Crippen molar-refractivity contribution in [1.29, 1.82) is 0 Å². The van der Waals surface area contributed by atoms with E-state index in [0.29, 0.717) is 30.0 Å². The van der Waals surface area contributed by atoms with E-state index in [0.717, 1.165) is 18.1 Å². The number of carboxylic acids is 1. The zero-order chi connectivity index (χ0) is 20.4. The van der Waals surface area contributed by atoms with Gasteiger partial charge in [-0.05, 0) is 37.1 Å². The maximum atomic E-state index is 15.2. The molecule has 0 amide bonds. The van der Waals surface area contributed by atoms with Crippen molar-refractivity contribution in [2.45, 2.75) is 19.4 Å². The van der Waals surface area contributed by atoms with Crippen LogP contribution in [0.4, 0.5) is 10.1 Å². The standard InChI is InChI=1S/C21H18FN3O4/c1-10-2-3-16-15(6-10)25-9-13(21(27)28)19(26)12-7-14(22)18(20(29-16)17(12)25)24-5-4-11(23)8-24/h2-3,6-7,9,11H,4-5,8,23H2,1H3,(H,27,28). The number of carboxylic acid groups (broad SMARTS) is 1. The molecule has 1 unspecified atom stereocenters. The van der Waals surface area contributed by atoms with Gasteiger partial charge in [0.2, 0.25) is 5.43 Å². The number of rotatable bonds is 2. The van der Waals surface area contributed by atoms with E-state index < -0.39 is 22.8 Å². The minimum absolute atomic E-state index is 0.0307. The van der Waals surface area contributed by atoms with E-state index in [1.165, 1.54) is 6.20 Å². The number of ether oxygens (including phenoxy) is 1. The Bertz CT molecular complexity index is 1270. The lowest BCUT2D eigenvalue weighted by atomic mass is 10.1. The van der Waals surface area contributed by atoms with E-state index in [2.05, 4.69) is 0 Å². The third-order valence-corrected chi connectivity index (χ3v) is 5.53. The lowest BCUT2D eigenvalue weighted by molar-refractivity contribution is 0.0695. The second kappa shape index (κ2) is 6.05. The predicted molar refractivity (Wildman–Crippen MR) is 106 cm³/mol. The fraction of sp³-hybridized carbons (Fsp3) is 0.238. The smallest absolute Gasteiger partial charge is 0.341 e. The Morgan fingerprint density at radius 2 is 2.14 bits per heavy atom. The van der Waals surface area contributed by atoms with Gasteiger partial charge in [-0.2, -0.15) is 0 Å². The van der Waals surface area contributed by atoms with Crippen LogP contribution in [0.3, 0.4) is 0 Å². The van der Waals surface area contributed by atoms with Crippen LogP contribution in [0.1, 0.15) is 22.3 Å². The topological polar surface area (TPSA) is 97.8 Å². The maximum Gasteiger partial charge on any atom is 0.341 e. The lowest BCUT2D eigenvalue weighted by Gasteiger charge is -2.29. The Hall–Kier alpha value is -3.39. The normalized spacial score (nSPS) is 17.3. The van der Waals surface area contributed by atoms with Crippen molar-refractivity contribution < 1.29 is 19.0 Å². The molecule has 3 aromatic rings. The summed E-state index contributed by atoms with van der Waals surface area (Å²) in [6.07, 6.45) is 2.01. The summed E-state index contributed by atoms with van der Waals surface area (Å²) >= 11 is 0. The van der Waals surface area contributed by atoms with E-state index in [1.54, 1.807) is 10.6 Å². The minimum atomic E-state index is -1.36. The number of pyridine rings is 1. The maximum absolute atomic E-state index is 15.2. The molecule has 0 aliphatic carbocycles. The number of carbonyl (C=O) groups is 1. The number of hydrogen-bond donors (Lipinski definition) is 2. The zero-order valence-corrected chi connectivity index (χ0v) is 15.6. The Morgan fingerprint density at radius 1 is 1.34 bits per heavy atom. The fourth-order valence-electron chi connectivity index (χ4n) is 4.15. The summed E-state index contributed by atoms with van der Waals surface area (Å²) in [7, 11) is 0. The molecule has 2 aliphatic heterocycles. The first kappa shape index (κ1) is 17.7. The van der Waals surface area contributed by atoms with Crippen molar-refractivity contribution in [2.24, 2.45) is 5.73 Å². The van der Waals surface area contributed by atoms with Crippen molar-refractivity contribution >= 4 is 22.6 Å². The van der Waals surface area contributed by atoms with Crippen molar-refractivity contribution in [2.75, 3.05) is 18.0 Å². The van der Waals surface area contributed by atoms with Crippen LogP contribution in [0.15, 0.2) is 35.3 Å². The van der Waals surface area contributed by atoms with E-state index in [-0.39, 0.29) is 22.9 Å². The molecule has 0 bridgehead atoms. The summed E-state index contributed by atoms with van der Waals surface area (Å²) in [6, 6.07) is 6.47. The van der Waals surface area contributed by atoms with Crippen LogP contribution in [-0.2, 0) is 0 Å².